The normalized spacial score (nSPS) is 11.5. The fourth-order valence-corrected chi connectivity index (χ4v) is 3.58. The molecule has 0 aliphatic carbocycles. The standard InChI is InChI=1S/C25H34N6O/c1-4-5-15-27-24(32)21-13-11-20(12-14-21)18-29-25(26-3)28-16-8-17-31-19(2)30-22-9-6-7-10-23(22)31/h6-7,9-14H,4-5,8,15-18H2,1-3H3,(H,27,32)(H2,26,28,29). The van der Waals surface area contributed by atoms with Gasteiger partial charge >= 0.3 is 0 Å². The van der Waals surface area contributed by atoms with Crippen molar-refractivity contribution in [2.45, 2.75) is 46.2 Å². The van der Waals surface area contributed by atoms with Crippen molar-refractivity contribution < 1.29 is 4.79 Å². The van der Waals surface area contributed by atoms with E-state index in [4.69, 9.17) is 0 Å². The van der Waals surface area contributed by atoms with Crippen LogP contribution in [-0.2, 0) is 13.1 Å². The predicted octanol–water partition coefficient (Wildman–Crippen LogP) is 3.63. The first-order valence-corrected chi connectivity index (χ1v) is 11.4. The molecule has 1 heterocycles. The molecule has 170 valence electrons. The average molecular weight is 435 g/mol. The Kier molecular flexibility index (Phi) is 8.66. The minimum atomic E-state index is -0.0173. The number of benzene rings is 2. The molecule has 0 bridgehead atoms. The number of imidazole rings is 1. The number of hydrogen-bond donors (Lipinski definition) is 3. The number of rotatable bonds is 10. The van der Waals surface area contributed by atoms with E-state index in [1.807, 2.05) is 43.3 Å². The molecule has 3 rings (SSSR count). The van der Waals surface area contributed by atoms with E-state index in [1.165, 1.54) is 5.52 Å². The summed E-state index contributed by atoms with van der Waals surface area (Å²) in [5.41, 5.74) is 4.00. The van der Waals surface area contributed by atoms with Crippen molar-refractivity contribution in [2.24, 2.45) is 4.99 Å². The van der Waals surface area contributed by atoms with Gasteiger partial charge in [-0.15, -0.1) is 0 Å². The lowest BCUT2D eigenvalue weighted by Crippen LogP contribution is -2.37. The van der Waals surface area contributed by atoms with Crippen molar-refractivity contribution in [3.05, 3.63) is 65.5 Å². The van der Waals surface area contributed by atoms with Crippen LogP contribution in [0, 0.1) is 6.92 Å². The number of aliphatic imine (C=N–C) groups is 1. The Morgan fingerprint density at radius 2 is 1.75 bits per heavy atom. The molecule has 7 heteroatoms. The van der Waals surface area contributed by atoms with Crippen molar-refractivity contribution in [2.75, 3.05) is 20.1 Å². The highest BCUT2D eigenvalue weighted by atomic mass is 16.1. The third kappa shape index (κ3) is 6.33. The van der Waals surface area contributed by atoms with Crippen LogP contribution in [0.1, 0.15) is 47.9 Å². The molecule has 0 aliphatic rings. The quantitative estimate of drug-likeness (QED) is 0.258. The van der Waals surface area contributed by atoms with Gasteiger partial charge in [0.15, 0.2) is 5.96 Å². The second kappa shape index (κ2) is 11.9. The lowest BCUT2D eigenvalue weighted by molar-refractivity contribution is 0.0953. The van der Waals surface area contributed by atoms with Gasteiger partial charge in [-0.3, -0.25) is 9.79 Å². The molecule has 1 amide bonds. The first-order valence-electron chi connectivity index (χ1n) is 11.4. The van der Waals surface area contributed by atoms with Gasteiger partial charge < -0.3 is 20.5 Å². The number of aromatic nitrogens is 2. The summed E-state index contributed by atoms with van der Waals surface area (Å²) in [4.78, 5) is 21.0. The van der Waals surface area contributed by atoms with Crippen LogP contribution >= 0.6 is 0 Å². The molecule has 0 spiro atoms. The highest BCUT2D eigenvalue weighted by Gasteiger charge is 2.07. The monoisotopic (exact) mass is 434 g/mol. The summed E-state index contributed by atoms with van der Waals surface area (Å²) in [5, 5.41) is 9.64. The van der Waals surface area contributed by atoms with Crippen LogP contribution in [0.2, 0.25) is 0 Å². The average Bonchev–Trinajstić information content (AvgIpc) is 3.14. The molecule has 3 aromatic rings. The van der Waals surface area contributed by atoms with Crippen LogP contribution in [0.25, 0.3) is 11.0 Å². The number of nitrogens with one attached hydrogen (secondary N) is 3. The van der Waals surface area contributed by atoms with Crippen molar-refractivity contribution in [1.82, 2.24) is 25.5 Å². The van der Waals surface area contributed by atoms with Crippen molar-refractivity contribution in [3.63, 3.8) is 0 Å². The maximum Gasteiger partial charge on any atom is 0.251 e. The molecule has 0 radical (unpaired) electrons. The highest BCUT2D eigenvalue weighted by molar-refractivity contribution is 5.94. The number of fused-ring (bicyclic) bond motifs is 1. The molecule has 0 atom stereocenters. The van der Waals surface area contributed by atoms with Gasteiger partial charge in [-0.1, -0.05) is 37.6 Å². The first-order chi connectivity index (χ1) is 15.6. The second-order valence-electron chi connectivity index (χ2n) is 7.81. The van der Waals surface area contributed by atoms with Gasteiger partial charge in [0.25, 0.3) is 5.91 Å². The largest absolute Gasteiger partial charge is 0.356 e. The zero-order valence-corrected chi connectivity index (χ0v) is 19.3. The van der Waals surface area contributed by atoms with Crippen LogP contribution < -0.4 is 16.0 Å². The molecule has 0 fully saturated rings. The Morgan fingerprint density at radius 1 is 1.00 bits per heavy atom. The van der Waals surface area contributed by atoms with Crippen molar-refractivity contribution >= 4 is 22.9 Å². The molecular weight excluding hydrogens is 400 g/mol. The van der Waals surface area contributed by atoms with E-state index in [1.54, 1.807) is 7.05 Å². The van der Waals surface area contributed by atoms with Crippen LogP contribution in [0.3, 0.4) is 0 Å². The van der Waals surface area contributed by atoms with Crippen LogP contribution in [0.4, 0.5) is 0 Å². The number of aryl methyl sites for hydroxylation is 2. The summed E-state index contributed by atoms with van der Waals surface area (Å²) in [7, 11) is 1.77. The number of unbranched alkanes of at least 4 members (excludes halogenated alkanes) is 1. The summed E-state index contributed by atoms with van der Waals surface area (Å²) in [6.45, 7) is 7.23. The number of hydrogen-bond acceptors (Lipinski definition) is 3. The predicted molar refractivity (Wildman–Crippen MR) is 131 cm³/mol. The van der Waals surface area contributed by atoms with E-state index in [0.717, 1.165) is 61.8 Å². The van der Waals surface area contributed by atoms with Gasteiger partial charge in [-0.25, -0.2) is 4.98 Å². The number of para-hydroxylation sites is 2. The van der Waals surface area contributed by atoms with Crippen molar-refractivity contribution in [1.29, 1.82) is 0 Å². The summed E-state index contributed by atoms with van der Waals surface area (Å²) >= 11 is 0. The fraction of sp³-hybridized carbons (Fsp3) is 0.400. The van der Waals surface area contributed by atoms with Gasteiger partial charge in [-0.05, 0) is 49.6 Å². The minimum Gasteiger partial charge on any atom is -0.356 e. The van der Waals surface area contributed by atoms with Gasteiger partial charge in [0, 0.05) is 38.8 Å². The lowest BCUT2D eigenvalue weighted by Gasteiger charge is -2.13. The summed E-state index contributed by atoms with van der Waals surface area (Å²) in [6.07, 6.45) is 3.03. The number of guanidine groups is 1. The smallest absolute Gasteiger partial charge is 0.251 e. The number of carbonyl (C=O) groups excluding carboxylic acids is 1. The zero-order valence-electron chi connectivity index (χ0n) is 19.3. The SMILES string of the molecule is CCCCNC(=O)c1ccc(CNC(=NC)NCCCn2c(C)nc3ccccc32)cc1. The number of amides is 1. The summed E-state index contributed by atoms with van der Waals surface area (Å²) in [5.74, 6) is 1.78. The molecule has 32 heavy (non-hydrogen) atoms. The molecular formula is C25H34N6O. The van der Waals surface area contributed by atoms with Gasteiger partial charge in [0.05, 0.1) is 11.0 Å². The molecule has 0 saturated carbocycles. The third-order valence-corrected chi connectivity index (χ3v) is 5.41. The van der Waals surface area contributed by atoms with E-state index < -0.39 is 0 Å². The maximum atomic E-state index is 12.1. The molecule has 3 N–H and O–H groups in total. The third-order valence-electron chi connectivity index (χ3n) is 5.41. The minimum absolute atomic E-state index is 0.0173. The molecule has 0 saturated heterocycles. The number of carbonyl (C=O) groups is 1. The first kappa shape index (κ1) is 23.3. The van der Waals surface area contributed by atoms with Crippen LogP contribution in [0.5, 0.6) is 0 Å². The Hall–Kier alpha value is -3.35. The Morgan fingerprint density at radius 3 is 2.50 bits per heavy atom. The summed E-state index contributed by atoms with van der Waals surface area (Å²) in [6, 6.07) is 15.9. The fourth-order valence-electron chi connectivity index (χ4n) is 3.58. The maximum absolute atomic E-state index is 12.1. The Labute approximate surface area is 190 Å². The second-order valence-corrected chi connectivity index (χ2v) is 7.81. The molecule has 7 nitrogen and oxygen atoms in total. The van der Waals surface area contributed by atoms with Crippen LogP contribution in [0.15, 0.2) is 53.5 Å². The van der Waals surface area contributed by atoms with E-state index in [-0.39, 0.29) is 5.91 Å². The summed E-state index contributed by atoms with van der Waals surface area (Å²) < 4.78 is 2.26. The van der Waals surface area contributed by atoms with Gasteiger partial charge in [0.2, 0.25) is 0 Å². The molecule has 0 unspecified atom stereocenters. The lowest BCUT2D eigenvalue weighted by atomic mass is 10.1. The van der Waals surface area contributed by atoms with Crippen molar-refractivity contribution in [3.8, 4) is 0 Å². The number of nitrogens with zero attached hydrogens (tertiary/aromatic N) is 3. The molecule has 1 aromatic heterocycles. The topological polar surface area (TPSA) is 83.3 Å². The van der Waals surface area contributed by atoms with Crippen LogP contribution in [-0.4, -0.2) is 41.6 Å². The Balaban J connectivity index is 1.42. The molecule has 0 aliphatic heterocycles. The molecule has 2 aromatic carbocycles. The Bertz CT molecular complexity index is 1040. The van der Waals surface area contributed by atoms with Gasteiger partial charge in [0.1, 0.15) is 5.82 Å². The van der Waals surface area contributed by atoms with Gasteiger partial charge in [-0.2, -0.15) is 0 Å². The highest BCUT2D eigenvalue weighted by Crippen LogP contribution is 2.15. The van der Waals surface area contributed by atoms with E-state index in [0.29, 0.717) is 12.1 Å². The zero-order chi connectivity index (χ0) is 22.8. The van der Waals surface area contributed by atoms with E-state index in [2.05, 4.69) is 49.6 Å². The van der Waals surface area contributed by atoms with E-state index in [9.17, 15) is 4.79 Å². The van der Waals surface area contributed by atoms with E-state index >= 15 is 0 Å².